The van der Waals surface area contributed by atoms with Gasteiger partial charge in [-0.3, -0.25) is 24.0 Å². The average molecular weight is 678 g/mol. The highest BCUT2D eigenvalue weighted by atomic mass is 16.2. The lowest BCUT2D eigenvalue weighted by Gasteiger charge is -2.37. The van der Waals surface area contributed by atoms with E-state index in [1.54, 1.807) is 4.90 Å². The molecule has 5 aliphatic rings. The van der Waals surface area contributed by atoms with Crippen LogP contribution in [0, 0.1) is 46.8 Å². The summed E-state index contributed by atoms with van der Waals surface area (Å²) in [7, 11) is 0. The zero-order valence-electron chi connectivity index (χ0n) is 29.5. The lowest BCUT2D eigenvalue weighted by atomic mass is 9.79. The molecule has 5 amide bonds. The van der Waals surface area contributed by atoms with Gasteiger partial charge in [0.1, 0.15) is 18.1 Å². The minimum atomic E-state index is -1.25. The fourth-order valence-corrected chi connectivity index (χ4v) is 8.83. The minimum absolute atomic E-state index is 0.0679. The van der Waals surface area contributed by atoms with Crippen molar-refractivity contribution in [2.75, 3.05) is 13.1 Å². The van der Waals surface area contributed by atoms with Crippen LogP contribution in [-0.4, -0.2) is 77.5 Å². The van der Waals surface area contributed by atoms with Gasteiger partial charge in [0.05, 0.1) is 6.04 Å². The monoisotopic (exact) mass is 677 g/mol. The second-order valence-corrected chi connectivity index (χ2v) is 16.0. The van der Waals surface area contributed by atoms with Crippen LogP contribution in [0.5, 0.6) is 0 Å². The van der Waals surface area contributed by atoms with Crippen molar-refractivity contribution in [2.24, 2.45) is 34.5 Å². The van der Waals surface area contributed by atoms with Crippen LogP contribution in [0.25, 0.3) is 0 Å². The number of carbonyl (C=O) groups is 6. The molecule has 0 aromatic carbocycles. The molecule has 11 nitrogen and oxygen atoms in total. The van der Waals surface area contributed by atoms with Crippen molar-refractivity contribution < 1.29 is 28.8 Å². The molecule has 4 saturated carbocycles. The second kappa shape index (κ2) is 15.1. The van der Waals surface area contributed by atoms with E-state index < -0.39 is 53.2 Å². The van der Waals surface area contributed by atoms with Gasteiger partial charge in [-0.1, -0.05) is 65.4 Å². The van der Waals surface area contributed by atoms with E-state index >= 15 is 0 Å². The molecule has 1 heterocycles. The number of hydrogen-bond donors (Lipinski definition) is 4. The summed E-state index contributed by atoms with van der Waals surface area (Å²) in [6, 6.07) is -4.13. The second-order valence-electron chi connectivity index (χ2n) is 16.0. The maximum absolute atomic E-state index is 14.6. The van der Waals surface area contributed by atoms with E-state index in [9.17, 15) is 28.8 Å². The summed E-state index contributed by atoms with van der Waals surface area (Å²) in [4.78, 5) is 83.1. The van der Waals surface area contributed by atoms with Gasteiger partial charge in [-0.15, -0.1) is 18.9 Å². The number of piperidine rings is 1. The third-order valence-electron chi connectivity index (χ3n) is 12.3. The van der Waals surface area contributed by atoms with Gasteiger partial charge in [-0.2, -0.15) is 0 Å². The molecule has 0 spiro atoms. The van der Waals surface area contributed by atoms with Crippen molar-refractivity contribution in [3.8, 4) is 12.3 Å². The molecule has 4 aliphatic carbocycles. The Bertz CT molecular complexity index is 1370. The molecule has 1 aliphatic heterocycles. The highest BCUT2D eigenvalue weighted by Crippen LogP contribution is 2.65. The van der Waals surface area contributed by atoms with Crippen LogP contribution in [0.4, 0.5) is 4.79 Å². The number of fused-ring (bicyclic) bond motifs is 1. The van der Waals surface area contributed by atoms with Gasteiger partial charge >= 0.3 is 6.03 Å². The summed E-state index contributed by atoms with van der Waals surface area (Å²) >= 11 is 0. The average Bonchev–Trinajstić information content (AvgIpc) is 3.90. The first-order valence-electron chi connectivity index (χ1n) is 18.4. The van der Waals surface area contributed by atoms with E-state index in [2.05, 4.69) is 47.6 Å². The van der Waals surface area contributed by atoms with Crippen molar-refractivity contribution >= 4 is 35.3 Å². The van der Waals surface area contributed by atoms with Crippen LogP contribution in [0.15, 0.2) is 12.7 Å². The van der Waals surface area contributed by atoms with Crippen molar-refractivity contribution in [3.05, 3.63) is 12.7 Å². The van der Waals surface area contributed by atoms with E-state index in [1.165, 1.54) is 6.08 Å². The first-order valence-corrected chi connectivity index (χ1v) is 18.4. The third kappa shape index (κ3) is 7.89. The van der Waals surface area contributed by atoms with E-state index in [4.69, 9.17) is 6.42 Å². The third-order valence-corrected chi connectivity index (χ3v) is 12.3. The summed E-state index contributed by atoms with van der Waals surface area (Å²) in [5.41, 5.74) is -0.605. The topological polar surface area (TPSA) is 154 Å². The predicted molar refractivity (Wildman–Crippen MR) is 185 cm³/mol. The van der Waals surface area contributed by atoms with Crippen LogP contribution < -0.4 is 21.3 Å². The van der Waals surface area contributed by atoms with Gasteiger partial charge in [0, 0.05) is 24.9 Å². The summed E-state index contributed by atoms with van der Waals surface area (Å²) in [5.74, 6) is -0.272. The van der Waals surface area contributed by atoms with Crippen LogP contribution in [0.3, 0.4) is 0 Å². The van der Waals surface area contributed by atoms with Crippen LogP contribution in [0.2, 0.25) is 0 Å². The molecule has 0 aromatic rings. The van der Waals surface area contributed by atoms with Gasteiger partial charge in [0.25, 0.3) is 5.91 Å². The maximum Gasteiger partial charge on any atom is 0.316 e. The lowest BCUT2D eigenvalue weighted by Crippen LogP contribution is -2.61. The first-order chi connectivity index (χ1) is 23.3. The Hall–Kier alpha value is -3.68. The number of likely N-dealkylation sites (tertiary alicyclic amines) is 1. The molecular formula is C38H55N5O6. The Morgan fingerprint density at radius 1 is 0.878 bits per heavy atom. The summed E-state index contributed by atoms with van der Waals surface area (Å²) in [6.07, 6.45) is 17.8. The molecule has 11 heteroatoms. The van der Waals surface area contributed by atoms with Gasteiger partial charge in [0.2, 0.25) is 17.6 Å². The van der Waals surface area contributed by atoms with Crippen LogP contribution in [0.1, 0.15) is 104 Å². The molecular weight excluding hydrogens is 622 g/mol. The smallest absolute Gasteiger partial charge is 0.316 e. The number of terminal acetylenes is 1. The van der Waals surface area contributed by atoms with E-state index in [-0.39, 0.29) is 53.7 Å². The predicted octanol–water partition coefficient (Wildman–Crippen LogP) is 3.42. The SMILES string of the molecule is C#CCC(NC(=O)[C@@H]1[C@@H]2[C@H](CN1C(=O)[C@@H](NC(=O)N[C@H](C(=O)C1(C)CC1)C1CCCCC1)C1CCCCC1)C2(C)C)C(=O)C(=O)NCC=C. The molecule has 4 N–H and O–H groups in total. The van der Waals surface area contributed by atoms with Gasteiger partial charge in [-0.25, -0.2) is 4.79 Å². The van der Waals surface area contributed by atoms with Crippen molar-refractivity contribution in [1.82, 2.24) is 26.2 Å². The molecule has 49 heavy (non-hydrogen) atoms. The number of carbonyl (C=O) groups excluding carboxylic acids is 6. The Balaban J connectivity index is 1.35. The number of urea groups is 1. The Kier molecular flexibility index (Phi) is 11.2. The number of ketones is 2. The zero-order chi connectivity index (χ0) is 35.5. The number of amides is 5. The molecule has 0 radical (unpaired) electrons. The van der Waals surface area contributed by atoms with Gasteiger partial charge < -0.3 is 26.2 Å². The fraction of sp³-hybridized carbons (Fsp3) is 0.737. The summed E-state index contributed by atoms with van der Waals surface area (Å²) < 4.78 is 0. The van der Waals surface area contributed by atoms with E-state index in [1.807, 2.05) is 6.92 Å². The van der Waals surface area contributed by atoms with E-state index in [0.29, 0.717) is 6.54 Å². The van der Waals surface area contributed by atoms with Gasteiger partial charge in [-0.05, 0) is 67.6 Å². The molecule has 0 bridgehead atoms. The van der Waals surface area contributed by atoms with Crippen molar-refractivity contribution in [2.45, 2.75) is 128 Å². The van der Waals surface area contributed by atoms with Crippen molar-refractivity contribution in [1.29, 1.82) is 0 Å². The fourth-order valence-electron chi connectivity index (χ4n) is 8.83. The minimum Gasteiger partial charge on any atom is -0.346 e. The number of Topliss-reactive ketones (excluding diaryl/α,β-unsaturated/α-hetero) is 2. The number of nitrogens with zero attached hydrogens (tertiary/aromatic N) is 1. The highest BCUT2D eigenvalue weighted by molar-refractivity contribution is 6.38. The number of hydrogen-bond acceptors (Lipinski definition) is 6. The Morgan fingerprint density at radius 2 is 1.45 bits per heavy atom. The number of rotatable bonds is 14. The van der Waals surface area contributed by atoms with Crippen molar-refractivity contribution in [3.63, 3.8) is 0 Å². The summed E-state index contributed by atoms with van der Waals surface area (Å²) in [5, 5.41) is 11.2. The highest BCUT2D eigenvalue weighted by Gasteiger charge is 2.69. The van der Waals surface area contributed by atoms with Crippen LogP contribution >= 0.6 is 0 Å². The molecule has 1 unspecified atom stereocenters. The molecule has 0 aromatic heterocycles. The summed E-state index contributed by atoms with van der Waals surface area (Å²) in [6.45, 7) is 10.1. The molecule has 5 rings (SSSR count). The van der Waals surface area contributed by atoms with Gasteiger partial charge in [0.15, 0.2) is 5.78 Å². The molecule has 6 atom stereocenters. The molecule has 268 valence electrons. The lowest BCUT2D eigenvalue weighted by molar-refractivity contribution is -0.144. The van der Waals surface area contributed by atoms with Crippen LogP contribution in [-0.2, 0) is 24.0 Å². The Labute approximate surface area is 290 Å². The Morgan fingerprint density at radius 3 is 2.00 bits per heavy atom. The first kappa shape index (κ1) is 36.6. The number of nitrogens with one attached hydrogen (secondary N) is 4. The standard InChI is InChI=1S/C38H55N5O6/c1-6-14-26(31(44)34(47)39-21-7-2)40-33(46)30-27-25(37(27,3)4)22-43(30)35(48)29(24-17-12-9-13-18-24)42-36(49)41-28(23-15-10-8-11-16-23)32(45)38(5)19-20-38/h1,7,23-30H,2,8-22H2,3-5H3,(H,39,47)(H,40,46)(H2,41,42,49)/t25-,26?,27-,28-,29-,30-/m0/s1. The van der Waals surface area contributed by atoms with E-state index in [0.717, 1.165) is 77.0 Å². The normalized spacial score (nSPS) is 27.2. The maximum atomic E-state index is 14.6. The molecule has 5 fully saturated rings. The quantitative estimate of drug-likeness (QED) is 0.126. The molecule has 1 saturated heterocycles. The zero-order valence-corrected chi connectivity index (χ0v) is 29.5. The largest absolute Gasteiger partial charge is 0.346 e.